The van der Waals surface area contributed by atoms with Gasteiger partial charge in [-0.25, -0.2) is 0 Å². The van der Waals surface area contributed by atoms with Crippen molar-refractivity contribution < 1.29 is 9.47 Å². The lowest BCUT2D eigenvalue weighted by molar-refractivity contribution is 0.0471. The Balaban J connectivity index is 3.92. The molecule has 0 aliphatic carbocycles. The second kappa shape index (κ2) is 12.7. The van der Waals surface area contributed by atoms with E-state index in [1.165, 1.54) is 19.3 Å². The number of hydrogen-bond donors (Lipinski definition) is 0. The first-order chi connectivity index (χ1) is 8.35. The van der Waals surface area contributed by atoms with Gasteiger partial charge in [0.15, 0.2) is 0 Å². The molecule has 0 rings (SSSR count). The van der Waals surface area contributed by atoms with Crippen LogP contribution in [0.25, 0.3) is 0 Å². The lowest BCUT2D eigenvalue weighted by atomic mass is 10.2. The first-order valence-electron chi connectivity index (χ1n) is 6.46. The zero-order valence-electron chi connectivity index (χ0n) is 11.3. The van der Waals surface area contributed by atoms with Gasteiger partial charge in [-0.1, -0.05) is 37.7 Å². The van der Waals surface area contributed by atoms with E-state index in [0.717, 1.165) is 6.42 Å². The van der Waals surface area contributed by atoms with Crippen molar-refractivity contribution >= 4 is 0 Å². The highest BCUT2D eigenvalue weighted by atomic mass is 16.7. The predicted octanol–water partition coefficient (Wildman–Crippen LogP) is 4.04. The summed E-state index contributed by atoms with van der Waals surface area (Å²) in [6, 6.07) is 0. The van der Waals surface area contributed by atoms with Gasteiger partial charge in [0.05, 0.1) is 19.3 Å². The molecular formula is C15H24O2. The van der Waals surface area contributed by atoms with Crippen LogP contribution in [0.4, 0.5) is 0 Å². The maximum Gasteiger partial charge on any atom is 0.287 e. The maximum absolute atomic E-state index is 5.25. The molecule has 0 amide bonds. The highest BCUT2D eigenvalue weighted by Gasteiger charge is 1.92. The second-order valence-electron chi connectivity index (χ2n) is 3.52. The van der Waals surface area contributed by atoms with Gasteiger partial charge in [-0.15, -0.1) is 0 Å². The average molecular weight is 236 g/mol. The third kappa shape index (κ3) is 10.9. The minimum absolute atomic E-state index is 0.502. The molecule has 0 aromatic heterocycles. The minimum atomic E-state index is 0.502. The molecule has 0 atom stereocenters. The maximum atomic E-state index is 5.25. The van der Waals surface area contributed by atoms with E-state index in [2.05, 4.69) is 24.8 Å². The van der Waals surface area contributed by atoms with E-state index < -0.39 is 0 Å². The van der Waals surface area contributed by atoms with E-state index in [1.54, 1.807) is 6.08 Å². The molecule has 0 aromatic rings. The van der Waals surface area contributed by atoms with Gasteiger partial charge >= 0.3 is 0 Å². The SMILES string of the molecule is CCCCC/C=C/C#CC=C(OCC)OCC. The molecule has 96 valence electrons. The summed E-state index contributed by atoms with van der Waals surface area (Å²) in [6.07, 6.45) is 10.6. The van der Waals surface area contributed by atoms with Crippen LogP contribution in [0.5, 0.6) is 0 Å². The minimum Gasteiger partial charge on any atom is -0.465 e. The Morgan fingerprint density at radius 3 is 2.29 bits per heavy atom. The van der Waals surface area contributed by atoms with E-state index in [-0.39, 0.29) is 0 Å². The summed E-state index contributed by atoms with van der Waals surface area (Å²) in [5, 5.41) is 0. The smallest absolute Gasteiger partial charge is 0.287 e. The monoisotopic (exact) mass is 236 g/mol. The zero-order valence-corrected chi connectivity index (χ0v) is 11.3. The lowest BCUT2D eigenvalue weighted by Gasteiger charge is -2.06. The van der Waals surface area contributed by atoms with E-state index in [4.69, 9.17) is 9.47 Å². The Bertz CT molecular complexity index is 271. The highest BCUT2D eigenvalue weighted by Crippen LogP contribution is 1.99. The molecule has 0 spiro atoms. The van der Waals surface area contributed by atoms with Crippen LogP contribution in [-0.2, 0) is 9.47 Å². The molecule has 0 heterocycles. The van der Waals surface area contributed by atoms with Crippen molar-refractivity contribution in [1.29, 1.82) is 0 Å². The first kappa shape index (κ1) is 15.6. The largest absolute Gasteiger partial charge is 0.465 e. The van der Waals surface area contributed by atoms with Crippen molar-refractivity contribution in [2.75, 3.05) is 13.2 Å². The Morgan fingerprint density at radius 2 is 1.71 bits per heavy atom. The molecular weight excluding hydrogens is 212 g/mol. The zero-order chi connectivity index (χ0) is 12.8. The molecule has 0 saturated heterocycles. The molecule has 0 fully saturated rings. The van der Waals surface area contributed by atoms with Crippen molar-refractivity contribution in [3.63, 3.8) is 0 Å². The standard InChI is InChI=1S/C15H24O2/c1-4-7-8-9-10-11-12-13-14-15(16-5-2)17-6-3/h10-11,14H,4-9H2,1-3H3/b11-10+. The van der Waals surface area contributed by atoms with Crippen LogP contribution in [0.3, 0.4) is 0 Å². The van der Waals surface area contributed by atoms with E-state index in [9.17, 15) is 0 Å². The molecule has 0 aromatic carbocycles. The summed E-state index contributed by atoms with van der Waals surface area (Å²) < 4.78 is 10.5. The molecule has 2 nitrogen and oxygen atoms in total. The highest BCUT2D eigenvalue weighted by molar-refractivity contribution is 5.23. The van der Waals surface area contributed by atoms with Crippen LogP contribution in [0, 0.1) is 11.8 Å². The van der Waals surface area contributed by atoms with E-state index in [1.807, 2.05) is 19.9 Å². The molecule has 2 heteroatoms. The fourth-order valence-electron chi connectivity index (χ4n) is 1.21. The van der Waals surface area contributed by atoms with Crippen LogP contribution in [0.15, 0.2) is 24.2 Å². The third-order valence-electron chi connectivity index (χ3n) is 2.02. The molecule has 0 unspecified atom stereocenters. The molecule has 0 bridgehead atoms. The fraction of sp³-hybridized carbons (Fsp3) is 0.600. The summed E-state index contributed by atoms with van der Waals surface area (Å²) in [5.74, 6) is 6.34. The van der Waals surface area contributed by atoms with Crippen LogP contribution in [-0.4, -0.2) is 13.2 Å². The van der Waals surface area contributed by atoms with Gasteiger partial charge in [0.25, 0.3) is 5.95 Å². The molecule has 0 N–H and O–H groups in total. The molecule has 17 heavy (non-hydrogen) atoms. The van der Waals surface area contributed by atoms with Gasteiger partial charge in [0.2, 0.25) is 0 Å². The van der Waals surface area contributed by atoms with Crippen molar-refractivity contribution in [2.45, 2.75) is 46.5 Å². The van der Waals surface area contributed by atoms with Crippen LogP contribution in [0.1, 0.15) is 46.5 Å². The summed E-state index contributed by atoms with van der Waals surface area (Å²) in [4.78, 5) is 0. The first-order valence-corrected chi connectivity index (χ1v) is 6.46. The topological polar surface area (TPSA) is 18.5 Å². The van der Waals surface area contributed by atoms with Crippen molar-refractivity contribution in [1.82, 2.24) is 0 Å². The summed E-state index contributed by atoms with van der Waals surface area (Å²) in [7, 11) is 0. The van der Waals surface area contributed by atoms with Crippen LogP contribution in [0.2, 0.25) is 0 Å². The third-order valence-corrected chi connectivity index (χ3v) is 2.02. The lowest BCUT2D eigenvalue weighted by Crippen LogP contribution is -1.96. The Hall–Kier alpha value is -1.36. The molecule has 0 aliphatic rings. The Morgan fingerprint density at radius 1 is 1.00 bits per heavy atom. The fourth-order valence-corrected chi connectivity index (χ4v) is 1.21. The van der Waals surface area contributed by atoms with Gasteiger partial charge in [-0.05, 0) is 32.8 Å². The van der Waals surface area contributed by atoms with Gasteiger partial charge < -0.3 is 9.47 Å². The number of allylic oxidation sites excluding steroid dienone is 3. The number of hydrogen-bond acceptors (Lipinski definition) is 2. The Labute approximate surface area is 106 Å². The second-order valence-corrected chi connectivity index (χ2v) is 3.52. The van der Waals surface area contributed by atoms with Gasteiger partial charge in [-0.2, -0.15) is 0 Å². The number of unbranched alkanes of at least 4 members (excludes halogenated alkanes) is 3. The quantitative estimate of drug-likeness (QED) is 0.360. The van der Waals surface area contributed by atoms with Crippen molar-refractivity contribution in [2.24, 2.45) is 0 Å². The predicted molar refractivity (Wildman–Crippen MR) is 72.4 cm³/mol. The van der Waals surface area contributed by atoms with Crippen LogP contribution < -0.4 is 0 Å². The molecule has 0 aliphatic heterocycles. The summed E-state index contributed by atoms with van der Waals surface area (Å²) >= 11 is 0. The molecule has 0 radical (unpaired) electrons. The van der Waals surface area contributed by atoms with E-state index in [0.29, 0.717) is 19.2 Å². The van der Waals surface area contributed by atoms with Gasteiger partial charge in [0, 0.05) is 0 Å². The van der Waals surface area contributed by atoms with E-state index >= 15 is 0 Å². The Kier molecular flexibility index (Phi) is 11.7. The number of rotatable bonds is 8. The van der Waals surface area contributed by atoms with Crippen LogP contribution >= 0.6 is 0 Å². The van der Waals surface area contributed by atoms with Gasteiger partial charge in [0.1, 0.15) is 0 Å². The number of ether oxygens (including phenoxy) is 2. The average Bonchev–Trinajstić information content (AvgIpc) is 2.33. The van der Waals surface area contributed by atoms with Crippen molar-refractivity contribution in [3.8, 4) is 11.8 Å². The summed E-state index contributed by atoms with van der Waals surface area (Å²) in [6.45, 7) is 7.25. The van der Waals surface area contributed by atoms with Crippen molar-refractivity contribution in [3.05, 3.63) is 24.2 Å². The van der Waals surface area contributed by atoms with Gasteiger partial charge in [-0.3, -0.25) is 0 Å². The molecule has 0 saturated carbocycles. The normalized spacial score (nSPS) is 9.59. The summed E-state index contributed by atoms with van der Waals surface area (Å²) in [5.41, 5.74) is 0.